The molecule has 2 rings (SSSR count). The predicted molar refractivity (Wildman–Crippen MR) is 67.6 cm³/mol. The largest absolute Gasteiger partial charge is 0.366 e. The van der Waals surface area contributed by atoms with Gasteiger partial charge in [-0.1, -0.05) is 18.2 Å². The Kier molecular flexibility index (Phi) is 4.43. The predicted octanol–water partition coefficient (Wildman–Crippen LogP) is 0.199. The normalized spacial score (nSPS) is 18.8. The van der Waals surface area contributed by atoms with Crippen LogP contribution in [0.1, 0.15) is 5.56 Å². The van der Waals surface area contributed by atoms with Gasteiger partial charge in [0.2, 0.25) is 0 Å². The first-order chi connectivity index (χ1) is 9.18. The quantitative estimate of drug-likeness (QED) is 0.599. The Morgan fingerprint density at radius 2 is 2.32 bits per heavy atom. The molecule has 0 saturated carbocycles. The van der Waals surface area contributed by atoms with Gasteiger partial charge in [0.05, 0.1) is 11.5 Å². The molecule has 0 aromatic heterocycles. The highest BCUT2D eigenvalue weighted by Gasteiger charge is 2.22. The fourth-order valence-electron chi connectivity index (χ4n) is 1.87. The van der Waals surface area contributed by atoms with E-state index in [1.165, 1.54) is 6.07 Å². The molecular formula is C12H15N3O4. The van der Waals surface area contributed by atoms with Crippen LogP contribution in [-0.4, -0.2) is 36.6 Å². The van der Waals surface area contributed by atoms with Crippen molar-refractivity contribution in [3.8, 4) is 0 Å². The molecule has 0 radical (unpaired) electrons. The number of nitro groups is 1. The molecule has 0 spiro atoms. The van der Waals surface area contributed by atoms with Gasteiger partial charge in [0, 0.05) is 31.3 Å². The second-order valence-corrected chi connectivity index (χ2v) is 4.17. The minimum atomic E-state index is -0.531. The molecule has 2 N–H and O–H groups in total. The van der Waals surface area contributed by atoms with Crippen molar-refractivity contribution in [2.75, 3.05) is 19.7 Å². The van der Waals surface area contributed by atoms with E-state index >= 15 is 0 Å². The van der Waals surface area contributed by atoms with Gasteiger partial charge in [0.15, 0.2) is 0 Å². The van der Waals surface area contributed by atoms with Crippen molar-refractivity contribution in [2.45, 2.75) is 12.6 Å². The summed E-state index contributed by atoms with van der Waals surface area (Å²) < 4.78 is 5.30. The van der Waals surface area contributed by atoms with Crippen LogP contribution in [0.2, 0.25) is 0 Å². The molecule has 1 aliphatic rings. The maximum Gasteiger partial charge on any atom is 0.274 e. The summed E-state index contributed by atoms with van der Waals surface area (Å²) in [4.78, 5) is 22.2. The van der Waals surface area contributed by atoms with E-state index in [0.717, 1.165) is 6.54 Å². The molecule has 1 heterocycles. The van der Waals surface area contributed by atoms with Crippen molar-refractivity contribution < 1.29 is 14.5 Å². The molecular weight excluding hydrogens is 250 g/mol. The lowest BCUT2D eigenvalue weighted by Gasteiger charge is -2.22. The average Bonchev–Trinajstić information content (AvgIpc) is 2.46. The van der Waals surface area contributed by atoms with Crippen molar-refractivity contribution in [3.05, 3.63) is 39.9 Å². The Labute approximate surface area is 110 Å². The molecule has 1 unspecified atom stereocenters. The van der Waals surface area contributed by atoms with E-state index in [2.05, 4.69) is 10.6 Å². The van der Waals surface area contributed by atoms with Crippen molar-refractivity contribution in [3.63, 3.8) is 0 Å². The summed E-state index contributed by atoms with van der Waals surface area (Å²) in [5.41, 5.74) is 0.482. The Morgan fingerprint density at radius 1 is 1.53 bits per heavy atom. The van der Waals surface area contributed by atoms with Crippen LogP contribution in [0.5, 0.6) is 0 Å². The molecule has 0 aliphatic carbocycles. The highest BCUT2D eigenvalue weighted by molar-refractivity contribution is 5.81. The highest BCUT2D eigenvalue weighted by Crippen LogP contribution is 2.17. The number of hydrogen-bond donors (Lipinski definition) is 2. The lowest BCUT2D eigenvalue weighted by Crippen LogP contribution is -2.47. The van der Waals surface area contributed by atoms with Gasteiger partial charge in [-0.3, -0.25) is 14.9 Å². The second kappa shape index (κ2) is 6.26. The second-order valence-electron chi connectivity index (χ2n) is 4.17. The number of carbonyl (C=O) groups excluding carboxylic acids is 1. The first-order valence-corrected chi connectivity index (χ1v) is 6.01. The lowest BCUT2D eigenvalue weighted by molar-refractivity contribution is -0.385. The molecule has 1 fully saturated rings. The first-order valence-electron chi connectivity index (χ1n) is 6.01. The zero-order chi connectivity index (χ0) is 13.7. The van der Waals surface area contributed by atoms with E-state index < -0.39 is 11.0 Å². The Balaban J connectivity index is 1.94. The van der Waals surface area contributed by atoms with Crippen LogP contribution >= 0.6 is 0 Å². The van der Waals surface area contributed by atoms with Crippen LogP contribution < -0.4 is 10.6 Å². The zero-order valence-electron chi connectivity index (χ0n) is 10.3. The number of ether oxygens (including phenoxy) is 1. The van der Waals surface area contributed by atoms with E-state index in [1.807, 2.05) is 0 Å². The van der Waals surface area contributed by atoms with Gasteiger partial charge in [-0.15, -0.1) is 0 Å². The molecule has 1 saturated heterocycles. The lowest BCUT2D eigenvalue weighted by atomic mass is 10.1. The maximum absolute atomic E-state index is 11.8. The third kappa shape index (κ3) is 3.49. The van der Waals surface area contributed by atoms with Crippen LogP contribution in [0.4, 0.5) is 5.69 Å². The number of carbonyl (C=O) groups is 1. The number of rotatable bonds is 4. The number of benzene rings is 1. The van der Waals surface area contributed by atoms with Crippen molar-refractivity contribution in [1.82, 2.24) is 10.6 Å². The topological polar surface area (TPSA) is 93.5 Å². The van der Waals surface area contributed by atoms with Gasteiger partial charge in [0.1, 0.15) is 6.10 Å². The molecule has 19 heavy (non-hydrogen) atoms. The van der Waals surface area contributed by atoms with E-state index in [4.69, 9.17) is 4.74 Å². The SMILES string of the molecule is O=C(NCc1ccccc1[N+](=O)[O-])C1CNCCO1. The standard InChI is InChI=1S/C12H15N3O4/c16-12(11-8-13-5-6-19-11)14-7-9-3-1-2-4-10(9)15(17)18/h1-4,11,13H,5-8H2,(H,14,16). The number of hydrogen-bond acceptors (Lipinski definition) is 5. The fourth-order valence-corrected chi connectivity index (χ4v) is 1.87. The van der Waals surface area contributed by atoms with E-state index in [1.54, 1.807) is 18.2 Å². The van der Waals surface area contributed by atoms with Gasteiger partial charge in [-0.25, -0.2) is 0 Å². The summed E-state index contributed by atoms with van der Waals surface area (Å²) in [6.07, 6.45) is -0.531. The summed E-state index contributed by atoms with van der Waals surface area (Å²) in [6, 6.07) is 6.34. The van der Waals surface area contributed by atoms with Crippen molar-refractivity contribution >= 4 is 11.6 Å². The van der Waals surface area contributed by atoms with Crippen LogP contribution in [-0.2, 0) is 16.1 Å². The molecule has 0 bridgehead atoms. The summed E-state index contributed by atoms with van der Waals surface area (Å²) in [5.74, 6) is -0.259. The van der Waals surface area contributed by atoms with E-state index in [9.17, 15) is 14.9 Å². The van der Waals surface area contributed by atoms with Gasteiger partial charge in [-0.2, -0.15) is 0 Å². The summed E-state index contributed by atoms with van der Waals surface area (Å²) in [7, 11) is 0. The third-order valence-electron chi connectivity index (χ3n) is 2.86. The number of para-hydroxylation sites is 1. The molecule has 1 aliphatic heterocycles. The van der Waals surface area contributed by atoms with Crippen LogP contribution in [0, 0.1) is 10.1 Å². The van der Waals surface area contributed by atoms with Crippen LogP contribution in [0.15, 0.2) is 24.3 Å². The number of nitrogens with zero attached hydrogens (tertiary/aromatic N) is 1. The fraction of sp³-hybridized carbons (Fsp3) is 0.417. The highest BCUT2D eigenvalue weighted by atomic mass is 16.6. The number of nitro benzene ring substituents is 1. The Morgan fingerprint density at radius 3 is 3.00 bits per heavy atom. The van der Waals surface area contributed by atoms with Gasteiger partial charge in [-0.05, 0) is 0 Å². The molecule has 1 amide bonds. The van der Waals surface area contributed by atoms with Gasteiger partial charge < -0.3 is 15.4 Å². The average molecular weight is 265 g/mol. The first kappa shape index (κ1) is 13.4. The number of nitrogens with one attached hydrogen (secondary N) is 2. The van der Waals surface area contributed by atoms with Gasteiger partial charge >= 0.3 is 0 Å². The minimum Gasteiger partial charge on any atom is -0.366 e. The molecule has 102 valence electrons. The molecule has 1 aromatic carbocycles. The van der Waals surface area contributed by atoms with E-state index in [0.29, 0.717) is 18.7 Å². The maximum atomic E-state index is 11.8. The molecule has 1 atom stereocenters. The van der Waals surface area contributed by atoms with Crippen molar-refractivity contribution in [1.29, 1.82) is 0 Å². The zero-order valence-corrected chi connectivity index (χ0v) is 10.3. The molecule has 1 aromatic rings. The molecule has 7 heteroatoms. The minimum absolute atomic E-state index is 0.00508. The Bertz CT molecular complexity index is 472. The van der Waals surface area contributed by atoms with Crippen LogP contribution in [0.3, 0.4) is 0 Å². The summed E-state index contributed by atoms with van der Waals surface area (Å²) in [5, 5.41) is 16.5. The number of amides is 1. The summed E-state index contributed by atoms with van der Waals surface area (Å²) >= 11 is 0. The summed E-state index contributed by atoms with van der Waals surface area (Å²) in [6.45, 7) is 1.80. The monoisotopic (exact) mass is 265 g/mol. The van der Waals surface area contributed by atoms with Crippen LogP contribution in [0.25, 0.3) is 0 Å². The smallest absolute Gasteiger partial charge is 0.274 e. The van der Waals surface area contributed by atoms with Crippen molar-refractivity contribution in [2.24, 2.45) is 0 Å². The molecule has 7 nitrogen and oxygen atoms in total. The Hall–Kier alpha value is -1.99. The third-order valence-corrected chi connectivity index (χ3v) is 2.86. The van der Waals surface area contributed by atoms with E-state index in [-0.39, 0.29) is 18.1 Å². The van der Waals surface area contributed by atoms with Gasteiger partial charge in [0.25, 0.3) is 11.6 Å². The number of morpholine rings is 1.